The van der Waals surface area contributed by atoms with Crippen LogP contribution in [0.3, 0.4) is 0 Å². The Balaban J connectivity index is 2.46. The number of nitrogens with zero attached hydrogens (tertiary/aromatic N) is 3. The Hall–Kier alpha value is -1.69. The highest BCUT2D eigenvalue weighted by atomic mass is 16.2. The van der Waals surface area contributed by atoms with E-state index in [-0.39, 0.29) is 5.91 Å². The van der Waals surface area contributed by atoms with Gasteiger partial charge in [0, 0.05) is 18.3 Å². The summed E-state index contributed by atoms with van der Waals surface area (Å²) in [6.07, 6.45) is 0. The Morgan fingerprint density at radius 3 is 2.74 bits per heavy atom. The van der Waals surface area contributed by atoms with Gasteiger partial charge in [-0.2, -0.15) is 0 Å². The lowest BCUT2D eigenvalue weighted by atomic mass is 10.2. The highest BCUT2D eigenvalue weighted by molar-refractivity contribution is 5.77. The van der Waals surface area contributed by atoms with Crippen LogP contribution in [0.2, 0.25) is 0 Å². The van der Waals surface area contributed by atoms with Crippen LogP contribution in [0.4, 0.5) is 5.82 Å². The SMILES string of the molecule is Cc1cc(N)nc(CN(C)CC(=O)NCC(C)C)n1. The molecule has 0 bridgehead atoms. The van der Waals surface area contributed by atoms with E-state index in [0.29, 0.717) is 37.2 Å². The zero-order valence-electron chi connectivity index (χ0n) is 12.1. The first-order chi connectivity index (χ1) is 8.86. The van der Waals surface area contributed by atoms with Crippen LogP contribution in [-0.2, 0) is 11.3 Å². The molecule has 6 heteroatoms. The molecule has 3 N–H and O–H groups in total. The minimum absolute atomic E-state index is 0.0109. The molecule has 19 heavy (non-hydrogen) atoms. The van der Waals surface area contributed by atoms with E-state index in [9.17, 15) is 4.79 Å². The number of anilines is 1. The molecule has 0 atom stereocenters. The zero-order chi connectivity index (χ0) is 14.4. The van der Waals surface area contributed by atoms with Gasteiger partial charge in [-0.15, -0.1) is 0 Å². The van der Waals surface area contributed by atoms with Gasteiger partial charge < -0.3 is 11.1 Å². The molecule has 1 aromatic rings. The van der Waals surface area contributed by atoms with Crippen molar-refractivity contribution in [2.75, 3.05) is 25.9 Å². The summed E-state index contributed by atoms with van der Waals surface area (Å²) in [5.41, 5.74) is 6.50. The molecule has 0 saturated carbocycles. The molecule has 106 valence electrons. The number of hydrogen-bond acceptors (Lipinski definition) is 5. The van der Waals surface area contributed by atoms with Crippen molar-refractivity contribution in [2.24, 2.45) is 5.92 Å². The van der Waals surface area contributed by atoms with Crippen LogP contribution < -0.4 is 11.1 Å². The molecule has 0 aliphatic heterocycles. The maximum absolute atomic E-state index is 11.7. The van der Waals surface area contributed by atoms with Gasteiger partial charge in [0.15, 0.2) is 0 Å². The summed E-state index contributed by atoms with van der Waals surface area (Å²) >= 11 is 0. The molecule has 0 aromatic carbocycles. The summed E-state index contributed by atoms with van der Waals surface area (Å²) in [7, 11) is 1.86. The first-order valence-electron chi connectivity index (χ1n) is 6.42. The van der Waals surface area contributed by atoms with E-state index in [1.54, 1.807) is 6.07 Å². The second-order valence-corrected chi connectivity index (χ2v) is 5.22. The molecule has 6 nitrogen and oxygen atoms in total. The second-order valence-electron chi connectivity index (χ2n) is 5.22. The minimum atomic E-state index is 0.0109. The van der Waals surface area contributed by atoms with Crippen LogP contribution in [0.5, 0.6) is 0 Å². The van der Waals surface area contributed by atoms with Crippen molar-refractivity contribution in [2.45, 2.75) is 27.3 Å². The molecular weight excluding hydrogens is 242 g/mol. The average Bonchev–Trinajstić information content (AvgIpc) is 2.24. The van der Waals surface area contributed by atoms with Crippen molar-refractivity contribution in [3.63, 3.8) is 0 Å². The molecule has 1 heterocycles. The van der Waals surface area contributed by atoms with Crippen molar-refractivity contribution in [1.29, 1.82) is 0 Å². The number of amides is 1. The van der Waals surface area contributed by atoms with Crippen LogP contribution in [0.25, 0.3) is 0 Å². The van der Waals surface area contributed by atoms with E-state index in [4.69, 9.17) is 5.73 Å². The summed E-state index contributed by atoms with van der Waals surface area (Å²) in [5.74, 6) is 1.56. The molecule has 0 aliphatic carbocycles. The van der Waals surface area contributed by atoms with E-state index in [2.05, 4.69) is 29.1 Å². The van der Waals surface area contributed by atoms with Crippen molar-refractivity contribution < 1.29 is 4.79 Å². The van der Waals surface area contributed by atoms with E-state index >= 15 is 0 Å². The number of carbonyl (C=O) groups is 1. The zero-order valence-corrected chi connectivity index (χ0v) is 12.1. The molecule has 0 fully saturated rings. The number of rotatable bonds is 6. The largest absolute Gasteiger partial charge is 0.384 e. The van der Waals surface area contributed by atoms with Gasteiger partial charge in [-0.3, -0.25) is 9.69 Å². The Bertz CT molecular complexity index is 413. The fourth-order valence-electron chi connectivity index (χ4n) is 1.64. The van der Waals surface area contributed by atoms with Crippen molar-refractivity contribution >= 4 is 11.7 Å². The van der Waals surface area contributed by atoms with Crippen LogP contribution >= 0.6 is 0 Å². The average molecular weight is 265 g/mol. The molecule has 0 unspecified atom stereocenters. The van der Waals surface area contributed by atoms with Crippen LogP contribution in [0.15, 0.2) is 6.07 Å². The van der Waals surface area contributed by atoms with E-state index in [1.165, 1.54) is 0 Å². The number of nitrogens with two attached hydrogens (primary N) is 1. The standard InChI is InChI=1S/C13H23N5O/c1-9(2)6-15-13(19)8-18(4)7-12-16-10(3)5-11(14)17-12/h5,9H,6-8H2,1-4H3,(H,15,19)(H2,14,16,17). The summed E-state index contributed by atoms with van der Waals surface area (Å²) in [5, 5.41) is 2.88. The van der Waals surface area contributed by atoms with Gasteiger partial charge in [-0.25, -0.2) is 9.97 Å². The first kappa shape index (κ1) is 15.4. The predicted octanol–water partition coefficient (Wildman–Crippen LogP) is 0.571. The van der Waals surface area contributed by atoms with Gasteiger partial charge >= 0.3 is 0 Å². The third-order valence-corrected chi connectivity index (χ3v) is 2.45. The van der Waals surface area contributed by atoms with Gasteiger partial charge in [0.1, 0.15) is 11.6 Å². The van der Waals surface area contributed by atoms with Gasteiger partial charge in [0.05, 0.1) is 13.1 Å². The van der Waals surface area contributed by atoms with Crippen molar-refractivity contribution in [1.82, 2.24) is 20.2 Å². The first-order valence-corrected chi connectivity index (χ1v) is 6.42. The topological polar surface area (TPSA) is 84.1 Å². The third-order valence-electron chi connectivity index (χ3n) is 2.45. The molecule has 0 spiro atoms. The molecule has 1 amide bonds. The number of nitrogens with one attached hydrogen (secondary N) is 1. The summed E-state index contributed by atoms with van der Waals surface area (Å²) < 4.78 is 0. The number of nitrogen functional groups attached to an aromatic ring is 1. The highest BCUT2D eigenvalue weighted by Crippen LogP contribution is 2.03. The molecule has 1 rings (SSSR count). The Kier molecular flexibility index (Phi) is 5.69. The van der Waals surface area contributed by atoms with Crippen LogP contribution in [0.1, 0.15) is 25.4 Å². The summed E-state index contributed by atoms with van der Waals surface area (Å²) in [6.45, 7) is 7.52. The van der Waals surface area contributed by atoms with Gasteiger partial charge in [0.2, 0.25) is 5.91 Å². The number of likely N-dealkylation sites (N-methyl/N-ethyl adjacent to an activating group) is 1. The smallest absolute Gasteiger partial charge is 0.234 e. The van der Waals surface area contributed by atoms with Crippen LogP contribution in [0, 0.1) is 12.8 Å². The molecule has 0 radical (unpaired) electrons. The lowest BCUT2D eigenvalue weighted by Crippen LogP contribution is -2.36. The lowest BCUT2D eigenvalue weighted by Gasteiger charge is -2.16. The molecule has 1 aromatic heterocycles. The predicted molar refractivity (Wildman–Crippen MR) is 75.4 cm³/mol. The van der Waals surface area contributed by atoms with E-state index in [0.717, 1.165) is 5.69 Å². The Labute approximate surface area is 114 Å². The van der Waals surface area contributed by atoms with Gasteiger partial charge in [-0.1, -0.05) is 13.8 Å². The fourth-order valence-corrected chi connectivity index (χ4v) is 1.64. The van der Waals surface area contributed by atoms with Crippen molar-refractivity contribution in [3.05, 3.63) is 17.6 Å². The number of aromatic nitrogens is 2. The second kappa shape index (κ2) is 7.04. The third kappa shape index (κ3) is 6.15. The van der Waals surface area contributed by atoms with Crippen LogP contribution in [-0.4, -0.2) is 40.9 Å². The molecule has 0 aliphatic rings. The molecule has 0 saturated heterocycles. The molecular formula is C13H23N5O. The summed E-state index contributed by atoms with van der Waals surface area (Å²) in [6, 6.07) is 1.72. The Morgan fingerprint density at radius 2 is 2.16 bits per heavy atom. The number of aryl methyl sites for hydroxylation is 1. The highest BCUT2D eigenvalue weighted by Gasteiger charge is 2.09. The quantitative estimate of drug-likeness (QED) is 0.785. The lowest BCUT2D eigenvalue weighted by molar-refractivity contribution is -0.122. The fraction of sp³-hybridized carbons (Fsp3) is 0.615. The van der Waals surface area contributed by atoms with E-state index in [1.807, 2.05) is 18.9 Å². The Morgan fingerprint density at radius 1 is 1.47 bits per heavy atom. The number of hydrogen-bond donors (Lipinski definition) is 2. The maximum atomic E-state index is 11.7. The number of carbonyl (C=O) groups excluding carboxylic acids is 1. The van der Waals surface area contributed by atoms with Crippen molar-refractivity contribution in [3.8, 4) is 0 Å². The monoisotopic (exact) mass is 265 g/mol. The maximum Gasteiger partial charge on any atom is 0.234 e. The minimum Gasteiger partial charge on any atom is -0.384 e. The van der Waals surface area contributed by atoms with Gasteiger partial charge in [0.25, 0.3) is 0 Å². The van der Waals surface area contributed by atoms with E-state index < -0.39 is 0 Å². The summed E-state index contributed by atoms with van der Waals surface area (Å²) in [4.78, 5) is 22.0. The normalized spacial score (nSPS) is 11.1. The van der Waals surface area contributed by atoms with Gasteiger partial charge in [-0.05, 0) is 19.9 Å².